The summed E-state index contributed by atoms with van der Waals surface area (Å²) < 4.78 is 26.9. The highest BCUT2D eigenvalue weighted by Crippen LogP contribution is 2.25. The summed E-state index contributed by atoms with van der Waals surface area (Å²) in [6.45, 7) is 4.14. The monoisotopic (exact) mass is 288 g/mol. The Morgan fingerprint density at radius 1 is 1.19 bits per heavy atom. The molecule has 1 N–H and O–H groups in total. The van der Waals surface area contributed by atoms with Gasteiger partial charge in [-0.2, -0.15) is 0 Å². The minimum absolute atomic E-state index is 0.306. The SMILES string of the molecule is CC1CN(Cc2ccc(F)cc2F)c2ccccc2CN1. The van der Waals surface area contributed by atoms with Gasteiger partial charge in [0.1, 0.15) is 11.6 Å². The fraction of sp³-hybridized carbons (Fsp3) is 0.294. The zero-order valence-corrected chi connectivity index (χ0v) is 11.9. The molecule has 0 aliphatic carbocycles. The van der Waals surface area contributed by atoms with Gasteiger partial charge in [-0.05, 0) is 24.6 Å². The van der Waals surface area contributed by atoms with Crippen molar-refractivity contribution in [1.82, 2.24) is 5.32 Å². The van der Waals surface area contributed by atoms with Crippen molar-refractivity contribution < 1.29 is 8.78 Å². The summed E-state index contributed by atoms with van der Waals surface area (Å²) in [5, 5.41) is 3.44. The Kier molecular flexibility index (Phi) is 3.88. The molecule has 2 nitrogen and oxygen atoms in total. The van der Waals surface area contributed by atoms with Gasteiger partial charge in [0.15, 0.2) is 0 Å². The Hall–Kier alpha value is -1.94. The molecule has 4 heteroatoms. The average Bonchev–Trinajstić information content (AvgIpc) is 2.62. The van der Waals surface area contributed by atoms with Crippen molar-refractivity contribution in [3.63, 3.8) is 0 Å². The fourth-order valence-electron chi connectivity index (χ4n) is 2.75. The van der Waals surface area contributed by atoms with Crippen molar-refractivity contribution >= 4 is 5.69 Å². The second kappa shape index (κ2) is 5.82. The van der Waals surface area contributed by atoms with Crippen LogP contribution in [0.3, 0.4) is 0 Å². The molecule has 1 unspecified atom stereocenters. The van der Waals surface area contributed by atoms with Crippen molar-refractivity contribution in [3.8, 4) is 0 Å². The molecule has 3 rings (SSSR count). The van der Waals surface area contributed by atoms with Crippen molar-refractivity contribution in [2.45, 2.75) is 26.1 Å². The summed E-state index contributed by atoms with van der Waals surface area (Å²) in [7, 11) is 0. The minimum atomic E-state index is -0.539. The maximum Gasteiger partial charge on any atom is 0.131 e. The summed E-state index contributed by atoms with van der Waals surface area (Å²) in [6.07, 6.45) is 0. The van der Waals surface area contributed by atoms with E-state index in [1.165, 1.54) is 17.7 Å². The van der Waals surface area contributed by atoms with E-state index in [1.807, 2.05) is 12.1 Å². The molecule has 0 spiro atoms. The van der Waals surface area contributed by atoms with Crippen LogP contribution in [0.1, 0.15) is 18.1 Å². The Morgan fingerprint density at radius 2 is 2.00 bits per heavy atom. The number of hydrogen-bond donors (Lipinski definition) is 1. The third-order valence-corrected chi connectivity index (χ3v) is 3.84. The first-order chi connectivity index (χ1) is 10.1. The van der Waals surface area contributed by atoms with E-state index in [-0.39, 0.29) is 0 Å². The lowest BCUT2D eigenvalue weighted by Crippen LogP contribution is -2.35. The molecule has 0 saturated carbocycles. The summed E-state index contributed by atoms with van der Waals surface area (Å²) in [6, 6.07) is 12.2. The largest absolute Gasteiger partial charge is 0.365 e. The molecule has 1 aliphatic heterocycles. The highest BCUT2D eigenvalue weighted by Gasteiger charge is 2.19. The fourth-order valence-corrected chi connectivity index (χ4v) is 2.75. The second-order valence-electron chi connectivity index (χ2n) is 5.53. The van der Waals surface area contributed by atoms with Gasteiger partial charge in [0.05, 0.1) is 0 Å². The summed E-state index contributed by atoms with van der Waals surface area (Å²) in [5.74, 6) is -1.03. The van der Waals surface area contributed by atoms with E-state index in [0.29, 0.717) is 18.2 Å². The highest BCUT2D eigenvalue weighted by molar-refractivity contribution is 5.55. The van der Waals surface area contributed by atoms with Crippen LogP contribution in [0.25, 0.3) is 0 Å². The molecule has 1 atom stereocenters. The zero-order valence-electron chi connectivity index (χ0n) is 11.9. The molecule has 0 amide bonds. The Balaban J connectivity index is 1.92. The molecule has 21 heavy (non-hydrogen) atoms. The van der Waals surface area contributed by atoms with Crippen LogP contribution in [0.15, 0.2) is 42.5 Å². The van der Waals surface area contributed by atoms with Crippen LogP contribution in [0, 0.1) is 11.6 Å². The molecular weight excluding hydrogens is 270 g/mol. The van der Waals surface area contributed by atoms with Gasteiger partial charge in [-0.3, -0.25) is 0 Å². The molecule has 1 aliphatic rings. The molecule has 2 aromatic carbocycles. The van der Waals surface area contributed by atoms with Crippen LogP contribution in [0.5, 0.6) is 0 Å². The molecule has 0 aromatic heterocycles. The van der Waals surface area contributed by atoms with Gasteiger partial charge < -0.3 is 10.2 Å². The second-order valence-corrected chi connectivity index (χ2v) is 5.53. The Labute approximate surface area is 123 Å². The van der Waals surface area contributed by atoms with Crippen LogP contribution in [-0.2, 0) is 13.1 Å². The van der Waals surface area contributed by atoms with Crippen molar-refractivity contribution in [3.05, 3.63) is 65.2 Å². The molecule has 2 aromatic rings. The van der Waals surface area contributed by atoms with E-state index in [1.54, 1.807) is 0 Å². The smallest absolute Gasteiger partial charge is 0.131 e. The number of nitrogens with zero attached hydrogens (tertiary/aromatic N) is 1. The first-order valence-corrected chi connectivity index (χ1v) is 7.13. The number of benzene rings is 2. The van der Waals surface area contributed by atoms with Crippen molar-refractivity contribution in [2.75, 3.05) is 11.4 Å². The predicted molar refractivity (Wildman–Crippen MR) is 80.2 cm³/mol. The molecule has 110 valence electrons. The lowest BCUT2D eigenvalue weighted by Gasteiger charge is -2.26. The predicted octanol–water partition coefficient (Wildman–Crippen LogP) is 3.46. The van der Waals surface area contributed by atoms with Crippen LogP contribution in [0.4, 0.5) is 14.5 Å². The van der Waals surface area contributed by atoms with Crippen LogP contribution >= 0.6 is 0 Å². The number of halogens is 2. The topological polar surface area (TPSA) is 15.3 Å². The van der Waals surface area contributed by atoms with Crippen molar-refractivity contribution in [1.29, 1.82) is 0 Å². The molecule has 0 bridgehead atoms. The van der Waals surface area contributed by atoms with E-state index in [0.717, 1.165) is 24.8 Å². The van der Waals surface area contributed by atoms with E-state index >= 15 is 0 Å². The van der Waals surface area contributed by atoms with Gasteiger partial charge in [0.25, 0.3) is 0 Å². The number of fused-ring (bicyclic) bond motifs is 1. The molecule has 0 radical (unpaired) electrons. The quantitative estimate of drug-likeness (QED) is 0.910. The zero-order chi connectivity index (χ0) is 14.8. The molecular formula is C17H18F2N2. The third kappa shape index (κ3) is 3.05. The first kappa shape index (κ1) is 14.0. The normalized spacial score (nSPS) is 18.2. The third-order valence-electron chi connectivity index (χ3n) is 3.84. The number of rotatable bonds is 2. The van der Waals surface area contributed by atoms with Crippen LogP contribution < -0.4 is 10.2 Å². The number of anilines is 1. The van der Waals surface area contributed by atoms with E-state index in [9.17, 15) is 8.78 Å². The van der Waals surface area contributed by atoms with Gasteiger partial charge in [-0.25, -0.2) is 8.78 Å². The summed E-state index contributed by atoms with van der Waals surface area (Å²) in [4.78, 5) is 2.15. The van der Waals surface area contributed by atoms with E-state index < -0.39 is 11.6 Å². The average molecular weight is 288 g/mol. The minimum Gasteiger partial charge on any atom is -0.365 e. The number of nitrogens with one attached hydrogen (secondary N) is 1. The lowest BCUT2D eigenvalue weighted by molar-refractivity contribution is 0.541. The number of para-hydroxylation sites is 1. The summed E-state index contributed by atoms with van der Waals surface area (Å²) in [5.41, 5.74) is 2.82. The highest BCUT2D eigenvalue weighted by atomic mass is 19.1. The first-order valence-electron chi connectivity index (χ1n) is 7.13. The summed E-state index contributed by atoms with van der Waals surface area (Å²) >= 11 is 0. The van der Waals surface area contributed by atoms with Crippen LogP contribution in [-0.4, -0.2) is 12.6 Å². The molecule has 0 saturated heterocycles. The van der Waals surface area contributed by atoms with Gasteiger partial charge in [-0.15, -0.1) is 0 Å². The van der Waals surface area contributed by atoms with Crippen LogP contribution in [0.2, 0.25) is 0 Å². The van der Waals surface area contributed by atoms with Crippen molar-refractivity contribution in [2.24, 2.45) is 0 Å². The Bertz CT molecular complexity index is 642. The lowest BCUT2D eigenvalue weighted by atomic mass is 10.1. The van der Waals surface area contributed by atoms with Gasteiger partial charge in [0, 0.05) is 43.0 Å². The molecule has 0 fully saturated rings. The standard InChI is InChI=1S/C17H18F2N2/c1-12-10-21(11-14-6-7-15(18)8-16(14)19)17-5-3-2-4-13(17)9-20-12/h2-8,12,20H,9-11H2,1H3. The Morgan fingerprint density at radius 3 is 2.81 bits per heavy atom. The van der Waals surface area contributed by atoms with Gasteiger partial charge >= 0.3 is 0 Å². The molecule has 1 heterocycles. The number of hydrogen-bond acceptors (Lipinski definition) is 2. The maximum absolute atomic E-state index is 13.9. The van der Waals surface area contributed by atoms with E-state index in [2.05, 4.69) is 29.3 Å². The van der Waals surface area contributed by atoms with Gasteiger partial charge in [-0.1, -0.05) is 24.3 Å². The van der Waals surface area contributed by atoms with Gasteiger partial charge in [0.2, 0.25) is 0 Å². The van der Waals surface area contributed by atoms with E-state index in [4.69, 9.17) is 0 Å². The maximum atomic E-state index is 13.9.